The van der Waals surface area contributed by atoms with E-state index in [1.54, 1.807) is 0 Å². The largest absolute Gasteiger partial charge is 0.492 e. The van der Waals surface area contributed by atoms with E-state index in [4.69, 9.17) is 4.74 Å². The molecule has 3 rings (SSSR count). The van der Waals surface area contributed by atoms with Gasteiger partial charge in [-0.25, -0.2) is 9.97 Å². The van der Waals surface area contributed by atoms with Gasteiger partial charge in [-0.05, 0) is 56.2 Å². The van der Waals surface area contributed by atoms with Crippen LogP contribution in [0, 0.1) is 13.8 Å². The average molecular weight is 362 g/mol. The molecule has 0 atom stereocenters. The number of ether oxygens (including phenoxy) is 1. The van der Waals surface area contributed by atoms with Crippen molar-refractivity contribution in [3.05, 3.63) is 71.7 Å². The van der Waals surface area contributed by atoms with Crippen molar-refractivity contribution in [3.63, 3.8) is 0 Å². The smallest absolute Gasteiger partial charge is 0.275 e. The maximum absolute atomic E-state index is 12.4. The number of nitrogens with one attached hydrogen (secondary N) is 2. The highest BCUT2D eigenvalue weighted by Gasteiger charge is 2.10. The lowest BCUT2D eigenvalue weighted by atomic mass is 10.1. The molecule has 1 aromatic heterocycles. The van der Waals surface area contributed by atoms with Crippen LogP contribution in [0.1, 0.15) is 28.5 Å². The number of hydrogen-bond acceptors (Lipinski definition) is 5. The standard InChI is InChI=1S/C21H22N4O2/c1-4-27-19-8-6-5-7-17(19)25-20-13-22-18(12-23-20)21(26)24-16-10-9-14(2)15(3)11-16/h5-13H,4H2,1-3H3,(H,23,25)(H,24,26). The Morgan fingerprint density at radius 1 is 1.04 bits per heavy atom. The maximum Gasteiger partial charge on any atom is 0.275 e. The van der Waals surface area contributed by atoms with Crippen molar-refractivity contribution in [2.45, 2.75) is 20.8 Å². The van der Waals surface area contributed by atoms with Crippen molar-refractivity contribution in [1.29, 1.82) is 0 Å². The Morgan fingerprint density at radius 2 is 1.85 bits per heavy atom. The zero-order valence-electron chi connectivity index (χ0n) is 15.6. The van der Waals surface area contributed by atoms with Crippen molar-refractivity contribution in [2.75, 3.05) is 17.2 Å². The van der Waals surface area contributed by atoms with Gasteiger partial charge in [0.2, 0.25) is 0 Å². The predicted octanol–water partition coefficient (Wildman–Crippen LogP) is 4.49. The van der Waals surface area contributed by atoms with Crippen LogP contribution in [0.3, 0.4) is 0 Å². The van der Waals surface area contributed by atoms with E-state index in [9.17, 15) is 4.79 Å². The fraction of sp³-hybridized carbons (Fsp3) is 0.190. The number of amides is 1. The number of aromatic nitrogens is 2. The molecule has 27 heavy (non-hydrogen) atoms. The van der Waals surface area contributed by atoms with E-state index < -0.39 is 0 Å². The molecule has 6 heteroatoms. The van der Waals surface area contributed by atoms with Crippen LogP contribution in [0.15, 0.2) is 54.9 Å². The molecule has 138 valence electrons. The Balaban J connectivity index is 1.69. The molecule has 0 aliphatic heterocycles. The van der Waals surface area contributed by atoms with Crippen LogP contribution in [0.4, 0.5) is 17.2 Å². The molecule has 2 N–H and O–H groups in total. The first kappa shape index (κ1) is 18.4. The normalized spacial score (nSPS) is 10.3. The Labute approximate surface area is 158 Å². The molecule has 0 bridgehead atoms. The third-order valence-corrected chi connectivity index (χ3v) is 4.10. The van der Waals surface area contributed by atoms with E-state index in [0.29, 0.717) is 12.4 Å². The highest BCUT2D eigenvalue weighted by atomic mass is 16.5. The van der Waals surface area contributed by atoms with Gasteiger partial charge in [-0.3, -0.25) is 4.79 Å². The predicted molar refractivity (Wildman–Crippen MR) is 107 cm³/mol. The summed E-state index contributed by atoms with van der Waals surface area (Å²) in [5.41, 5.74) is 4.07. The third-order valence-electron chi connectivity index (χ3n) is 4.10. The minimum Gasteiger partial charge on any atom is -0.492 e. The first-order chi connectivity index (χ1) is 13.1. The fourth-order valence-corrected chi connectivity index (χ4v) is 2.51. The summed E-state index contributed by atoms with van der Waals surface area (Å²) in [6.07, 6.45) is 2.97. The fourth-order valence-electron chi connectivity index (χ4n) is 2.51. The molecule has 1 heterocycles. The molecule has 3 aromatic rings. The van der Waals surface area contributed by atoms with Gasteiger partial charge >= 0.3 is 0 Å². The van der Waals surface area contributed by atoms with Gasteiger partial charge in [0.15, 0.2) is 0 Å². The quantitative estimate of drug-likeness (QED) is 0.676. The number of rotatable bonds is 6. The Kier molecular flexibility index (Phi) is 5.66. The summed E-state index contributed by atoms with van der Waals surface area (Å²) < 4.78 is 5.58. The van der Waals surface area contributed by atoms with E-state index in [0.717, 1.165) is 22.7 Å². The molecule has 0 aliphatic carbocycles. The van der Waals surface area contributed by atoms with Crippen LogP contribution in [0.25, 0.3) is 0 Å². The Bertz CT molecular complexity index is 939. The molecule has 0 radical (unpaired) electrons. The van der Waals surface area contributed by atoms with Crippen LogP contribution in [-0.2, 0) is 0 Å². The highest BCUT2D eigenvalue weighted by Crippen LogP contribution is 2.26. The summed E-state index contributed by atoms with van der Waals surface area (Å²) in [6, 6.07) is 13.4. The summed E-state index contributed by atoms with van der Waals surface area (Å²) in [6.45, 7) is 6.54. The number of carbonyl (C=O) groups excluding carboxylic acids is 1. The van der Waals surface area contributed by atoms with Crippen molar-refractivity contribution in [3.8, 4) is 5.75 Å². The molecular weight excluding hydrogens is 340 g/mol. The highest BCUT2D eigenvalue weighted by molar-refractivity contribution is 6.02. The molecule has 0 saturated carbocycles. The number of nitrogens with zero attached hydrogens (tertiary/aromatic N) is 2. The number of hydrogen-bond donors (Lipinski definition) is 2. The van der Waals surface area contributed by atoms with Crippen molar-refractivity contribution in [1.82, 2.24) is 9.97 Å². The van der Waals surface area contributed by atoms with E-state index >= 15 is 0 Å². The molecule has 0 unspecified atom stereocenters. The number of carbonyl (C=O) groups is 1. The van der Waals surface area contributed by atoms with Crippen molar-refractivity contribution < 1.29 is 9.53 Å². The lowest BCUT2D eigenvalue weighted by Gasteiger charge is -2.11. The van der Waals surface area contributed by atoms with Gasteiger partial charge < -0.3 is 15.4 Å². The molecule has 0 saturated heterocycles. The third kappa shape index (κ3) is 4.61. The van der Waals surface area contributed by atoms with Gasteiger partial charge in [0, 0.05) is 5.69 Å². The van der Waals surface area contributed by atoms with Gasteiger partial charge in [-0.2, -0.15) is 0 Å². The summed E-state index contributed by atoms with van der Waals surface area (Å²) in [5.74, 6) is 0.968. The molecule has 0 spiro atoms. The zero-order chi connectivity index (χ0) is 19.2. The topological polar surface area (TPSA) is 76.1 Å². The summed E-state index contributed by atoms with van der Waals surface area (Å²) in [7, 11) is 0. The van der Waals surface area contributed by atoms with Crippen LogP contribution in [-0.4, -0.2) is 22.5 Å². The van der Waals surface area contributed by atoms with Crippen LogP contribution < -0.4 is 15.4 Å². The van der Waals surface area contributed by atoms with Crippen LogP contribution in [0.2, 0.25) is 0 Å². The summed E-state index contributed by atoms with van der Waals surface area (Å²) in [5, 5.41) is 6.00. The monoisotopic (exact) mass is 362 g/mol. The van der Waals surface area contributed by atoms with Gasteiger partial charge in [0.1, 0.15) is 17.3 Å². The SMILES string of the molecule is CCOc1ccccc1Nc1cnc(C(=O)Nc2ccc(C)c(C)c2)cn1. The van der Waals surface area contributed by atoms with Gasteiger partial charge in [-0.1, -0.05) is 18.2 Å². The molecule has 0 aliphatic rings. The lowest BCUT2D eigenvalue weighted by Crippen LogP contribution is -2.14. The van der Waals surface area contributed by atoms with Crippen molar-refractivity contribution >= 4 is 23.1 Å². The minimum atomic E-state index is -0.299. The average Bonchev–Trinajstić information content (AvgIpc) is 2.67. The second-order valence-corrected chi connectivity index (χ2v) is 6.09. The first-order valence-electron chi connectivity index (χ1n) is 8.76. The first-order valence-corrected chi connectivity index (χ1v) is 8.76. The Hall–Kier alpha value is -3.41. The van der Waals surface area contributed by atoms with Crippen LogP contribution in [0.5, 0.6) is 5.75 Å². The number of para-hydroxylation sites is 2. The van der Waals surface area contributed by atoms with E-state index in [2.05, 4.69) is 20.6 Å². The van der Waals surface area contributed by atoms with Crippen LogP contribution >= 0.6 is 0 Å². The minimum absolute atomic E-state index is 0.247. The number of benzene rings is 2. The maximum atomic E-state index is 12.4. The van der Waals surface area contributed by atoms with Gasteiger partial charge in [0.25, 0.3) is 5.91 Å². The van der Waals surface area contributed by atoms with E-state index in [1.807, 2.05) is 63.2 Å². The van der Waals surface area contributed by atoms with Gasteiger partial charge in [-0.15, -0.1) is 0 Å². The number of aryl methyl sites for hydroxylation is 2. The summed E-state index contributed by atoms with van der Waals surface area (Å²) >= 11 is 0. The second kappa shape index (κ2) is 8.31. The summed E-state index contributed by atoms with van der Waals surface area (Å²) in [4.78, 5) is 20.9. The lowest BCUT2D eigenvalue weighted by molar-refractivity contribution is 0.102. The molecule has 1 amide bonds. The molecule has 0 fully saturated rings. The molecule has 6 nitrogen and oxygen atoms in total. The molecular formula is C21H22N4O2. The number of anilines is 3. The van der Waals surface area contributed by atoms with Gasteiger partial charge in [0.05, 0.1) is 24.7 Å². The zero-order valence-corrected chi connectivity index (χ0v) is 15.6. The Morgan fingerprint density at radius 3 is 2.56 bits per heavy atom. The molecule has 2 aromatic carbocycles. The van der Waals surface area contributed by atoms with E-state index in [-0.39, 0.29) is 11.6 Å². The van der Waals surface area contributed by atoms with Crippen molar-refractivity contribution in [2.24, 2.45) is 0 Å². The van der Waals surface area contributed by atoms with E-state index in [1.165, 1.54) is 18.0 Å². The second-order valence-electron chi connectivity index (χ2n) is 6.09.